The van der Waals surface area contributed by atoms with E-state index in [0.717, 1.165) is 81.6 Å². The van der Waals surface area contributed by atoms with E-state index in [4.69, 9.17) is 34.9 Å². The zero-order chi connectivity index (χ0) is 32.0. The fraction of sp³-hybridized carbons (Fsp3) is 0.529. The molecule has 2 bridgehead atoms. The molecule has 0 radical (unpaired) electrons. The summed E-state index contributed by atoms with van der Waals surface area (Å²) in [5.74, 6) is 1.59. The molecule has 242 valence electrons. The van der Waals surface area contributed by atoms with Gasteiger partial charge >= 0.3 is 6.01 Å². The van der Waals surface area contributed by atoms with Gasteiger partial charge in [-0.05, 0) is 76.5 Å². The molecule has 4 atom stereocenters. The van der Waals surface area contributed by atoms with Crippen LogP contribution in [0.1, 0.15) is 85.4 Å². The molecule has 0 saturated carbocycles. The summed E-state index contributed by atoms with van der Waals surface area (Å²) in [4.78, 5) is 25.4. The Labute approximate surface area is 277 Å². The van der Waals surface area contributed by atoms with E-state index >= 15 is 0 Å². The topological polar surface area (TPSA) is 155 Å². The van der Waals surface area contributed by atoms with Crippen LogP contribution in [0.25, 0.3) is 11.6 Å². The minimum absolute atomic E-state index is 0.00101. The summed E-state index contributed by atoms with van der Waals surface area (Å²) in [6.45, 7) is 8.34. The highest BCUT2D eigenvalue weighted by Crippen LogP contribution is 2.49. The van der Waals surface area contributed by atoms with Crippen molar-refractivity contribution in [3.05, 3.63) is 57.3 Å². The third kappa shape index (κ3) is 4.48. The smallest absolute Gasteiger partial charge is 0.321 e. The zero-order valence-corrected chi connectivity index (χ0v) is 27.6. The SMILES string of the molecule is C[C@]12CCC(CN(c3nc(OCC45CCCN4Cc4ccccc45)nc(-c4noc([C@@]5(C)CCCc6sc(N)c(C#N)c65)n4)n3)C1)N2. The molecule has 1 aromatic carbocycles. The van der Waals surface area contributed by atoms with E-state index in [1.807, 2.05) is 0 Å². The number of nitrogens with two attached hydrogens (primary N) is 1. The fourth-order valence-corrected chi connectivity index (χ4v) is 10.2. The third-order valence-electron chi connectivity index (χ3n) is 11.3. The first-order valence-corrected chi connectivity index (χ1v) is 17.5. The molecule has 9 rings (SSSR count). The summed E-state index contributed by atoms with van der Waals surface area (Å²) in [6.07, 6.45) is 6.97. The number of aromatic nitrogens is 5. The number of ether oxygens (including phenoxy) is 1. The van der Waals surface area contributed by atoms with E-state index in [0.29, 0.717) is 40.9 Å². The van der Waals surface area contributed by atoms with Gasteiger partial charge in [-0.25, -0.2) is 0 Å². The molecular formula is C34H38N10O2S. The van der Waals surface area contributed by atoms with E-state index in [1.54, 1.807) is 0 Å². The molecule has 0 amide bonds. The number of thiophene rings is 1. The van der Waals surface area contributed by atoms with Crippen LogP contribution in [-0.4, -0.2) is 67.8 Å². The van der Waals surface area contributed by atoms with Crippen LogP contribution in [0, 0.1) is 11.3 Å². The van der Waals surface area contributed by atoms with Crippen molar-refractivity contribution >= 4 is 22.3 Å². The van der Waals surface area contributed by atoms with E-state index in [-0.39, 0.29) is 22.9 Å². The summed E-state index contributed by atoms with van der Waals surface area (Å²) in [7, 11) is 0. The number of nitriles is 1. The van der Waals surface area contributed by atoms with Crippen molar-refractivity contribution in [1.82, 2.24) is 35.3 Å². The molecule has 3 aromatic heterocycles. The van der Waals surface area contributed by atoms with Crippen LogP contribution in [0.4, 0.5) is 10.9 Å². The monoisotopic (exact) mass is 650 g/mol. The van der Waals surface area contributed by atoms with E-state index in [2.05, 4.69) is 64.5 Å². The molecule has 13 heteroatoms. The van der Waals surface area contributed by atoms with Crippen molar-refractivity contribution in [2.24, 2.45) is 0 Å². The second kappa shape index (κ2) is 10.4. The molecule has 7 heterocycles. The molecule has 3 fully saturated rings. The Morgan fingerprint density at radius 1 is 1.13 bits per heavy atom. The van der Waals surface area contributed by atoms with Gasteiger partial charge in [0.25, 0.3) is 0 Å². The Bertz CT molecular complexity index is 1940. The van der Waals surface area contributed by atoms with Gasteiger partial charge in [0.05, 0.1) is 16.5 Å². The van der Waals surface area contributed by atoms with Gasteiger partial charge < -0.3 is 25.2 Å². The average Bonchev–Trinajstić information content (AvgIpc) is 3.88. The van der Waals surface area contributed by atoms with Crippen molar-refractivity contribution in [1.29, 1.82) is 5.26 Å². The lowest BCUT2D eigenvalue weighted by atomic mass is 9.72. The predicted octanol–water partition coefficient (Wildman–Crippen LogP) is 4.29. The van der Waals surface area contributed by atoms with Gasteiger partial charge in [-0.15, -0.1) is 11.3 Å². The van der Waals surface area contributed by atoms with Gasteiger partial charge in [0.15, 0.2) is 0 Å². The summed E-state index contributed by atoms with van der Waals surface area (Å²) in [6, 6.07) is 11.7. The first-order chi connectivity index (χ1) is 22.8. The molecule has 0 spiro atoms. The second-order valence-corrected chi connectivity index (χ2v) is 15.6. The minimum atomic E-state index is -0.638. The maximum Gasteiger partial charge on any atom is 0.321 e. The largest absolute Gasteiger partial charge is 0.461 e. The molecule has 47 heavy (non-hydrogen) atoms. The Kier molecular flexibility index (Phi) is 6.45. The lowest BCUT2D eigenvalue weighted by Gasteiger charge is -2.39. The molecule has 1 aliphatic carbocycles. The Balaban J connectivity index is 1.09. The number of nitrogens with zero attached hydrogens (tertiary/aromatic N) is 8. The van der Waals surface area contributed by atoms with Crippen molar-refractivity contribution in [3.8, 4) is 23.7 Å². The number of nitrogens with one attached hydrogen (secondary N) is 1. The third-order valence-corrected chi connectivity index (χ3v) is 12.3. The van der Waals surface area contributed by atoms with Crippen molar-refractivity contribution in [2.75, 3.05) is 36.9 Å². The highest BCUT2D eigenvalue weighted by atomic mass is 32.1. The number of benzene rings is 1. The number of hydrogen-bond acceptors (Lipinski definition) is 13. The quantitative estimate of drug-likeness (QED) is 0.306. The predicted molar refractivity (Wildman–Crippen MR) is 176 cm³/mol. The molecule has 12 nitrogen and oxygen atoms in total. The summed E-state index contributed by atoms with van der Waals surface area (Å²) in [5.41, 5.74) is 9.57. The number of nitrogen functional groups attached to an aromatic ring is 1. The number of piperazine rings is 1. The zero-order valence-electron chi connectivity index (χ0n) is 26.8. The standard InChI is InChI=1S/C34H38N10O2S/c1-32-13-10-21(41-32)17-43(18-32)30-38-27(28-37-29(46-42-28)33(2)11-5-9-24-25(33)22(15-35)26(36)47-24)39-31(40-30)45-19-34-12-6-14-44(34)16-20-7-3-4-8-23(20)34/h3-4,7-8,21,41H,5-6,9-14,16-19,36H2,1-2H3/t21?,32-,33-,34?/m0/s1. The summed E-state index contributed by atoms with van der Waals surface area (Å²) < 4.78 is 12.6. The number of fused-ring (bicyclic) bond motifs is 6. The van der Waals surface area contributed by atoms with E-state index in [9.17, 15) is 5.26 Å². The maximum atomic E-state index is 9.97. The highest BCUT2D eigenvalue weighted by Gasteiger charge is 2.49. The highest BCUT2D eigenvalue weighted by molar-refractivity contribution is 7.16. The summed E-state index contributed by atoms with van der Waals surface area (Å²) in [5, 5.41) is 18.7. The second-order valence-electron chi connectivity index (χ2n) is 14.4. The Morgan fingerprint density at radius 2 is 2.02 bits per heavy atom. The van der Waals surface area contributed by atoms with Gasteiger partial charge in [-0.2, -0.15) is 25.2 Å². The van der Waals surface area contributed by atoms with Gasteiger partial charge in [-0.3, -0.25) is 4.90 Å². The minimum Gasteiger partial charge on any atom is -0.461 e. The molecule has 2 unspecified atom stereocenters. The number of rotatable bonds is 6. The van der Waals surface area contributed by atoms with Crippen LogP contribution in [0.2, 0.25) is 0 Å². The van der Waals surface area contributed by atoms with Crippen LogP contribution in [0.15, 0.2) is 28.8 Å². The average molecular weight is 651 g/mol. The maximum absolute atomic E-state index is 9.97. The molecule has 3 saturated heterocycles. The van der Waals surface area contributed by atoms with Crippen molar-refractivity contribution in [3.63, 3.8) is 0 Å². The Morgan fingerprint density at radius 3 is 2.89 bits per heavy atom. The molecular weight excluding hydrogens is 613 g/mol. The first-order valence-electron chi connectivity index (χ1n) is 16.7. The van der Waals surface area contributed by atoms with Crippen molar-refractivity contribution < 1.29 is 9.26 Å². The number of hydrogen-bond donors (Lipinski definition) is 2. The van der Waals surface area contributed by atoms with Crippen LogP contribution >= 0.6 is 11.3 Å². The molecule has 5 aliphatic rings. The van der Waals surface area contributed by atoms with Crippen LogP contribution in [0.3, 0.4) is 0 Å². The van der Waals surface area contributed by atoms with Crippen LogP contribution in [-0.2, 0) is 23.9 Å². The van der Waals surface area contributed by atoms with Crippen LogP contribution < -0.4 is 20.7 Å². The number of anilines is 2. The first kappa shape index (κ1) is 29.1. The van der Waals surface area contributed by atoms with E-state index in [1.165, 1.54) is 22.5 Å². The fourth-order valence-electron chi connectivity index (χ4n) is 9.01. The van der Waals surface area contributed by atoms with Crippen LogP contribution in [0.5, 0.6) is 6.01 Å². The van der Waals surface area contributed by atoms with Gasteiger partial charge in [0.2, 0.25) is 23.5 Å². The molecule has 4 aromatic rings. The molecule has 3 N–H and O–H groups in total. The van der Waals surface area contributed by atoms with Crippen molar-refractivity contribution in [2.45, 2.75) is 87.9 Å². The van der Waals surface area contributed by atoms with E-state index < -0.39 is 5.41 Å². The van der Waals surface area contributed by atoms with Gasteiger partial charge in [-0.1, -0.05) is 29.4 Å². The summed E-state index contributed by atoms with van der Waals surface area (Å²) >= 11 is 1.49. The Hall–Kier alpha value is -4.12. The lowest BCUT2D eigenvalue weighted by molar-refractivity contribution is 0.0824. The number of aryl methyl sites for hydroxylation is 1. The van der Waals surface area contributed by atoms with Gasteiger partial charge in [0.1, 0.15) is 17.7 Å². The lowest BCUT2D eigenvalue weighted by Crippen LogP contribution is -2.58. The van der Waals surface area contributed by atoms with Gasteiger partial charge in [0, 0.05) is 41.7 Å². The normalized spacial score (nSPS) is 29.4. The molecule has 4 aliphatic heterocycles.